The van der Waals surface area contributed by atoms with Crippen molar-refractivity contribution in [3.8, 4) is 0 Å². The summed E-state index contributed by atoms with van der Waals surface area (Å²) < 4.78 is 0. The van der Waals surface area contributed by atoms with Crippen LogP contribution in [0.5, 0.6) is 0 Å². The average molecular weight is 307 g/mol. The lowest BCUT2D eigenvalue weighted by Gasteiger charge is -2.19. The van der Waals surface area contributed by atoms with Crippen molar-refractivity contribution < 1.29 is 9.72 Å². The monoisotopic (exact) mass is 307 g/mol. The molecular formula is C16H25N3O3. The first-order chi connectivity index (χ1) is 10.5. The molecule has 0 radical (unpaired) electrons. The van der Waals surface area contributed by atoms with Crippen molar-refractivity contribution in [2.75, 3.05) is 25.0 Å². The van der Waals surface area contributed by atoms with E-state index in [0.29, 0.717) is 24.2 Å². The highest BCUT2D eigenvalue weighted by atomic mass is 16.6. The Bertz CT molecular complexity index is 517. The molecule has 6 heteroatoms. The summed E-state index contributed by atoms with van der Waals surface area (Å²) in [7, 11) is 0. The first-order valence-electron chi connectivity index (χ1n) is 7.75. The van der Waals surface area contributed by atoms with Crippen LogP contribution in [-0.2, 0) is 4.79 Å². The molecular weight excluding hydrogens is 282 g/mol. The van der Waals surface area contributed by atoms with Gasteiger partial charge >= 0.3 is 0 Å². The molecule has 0 aliphatic heterocycles. The molecule has 6 nitrogen and oxygen atoms in total. The summed E-state index contributed by atoms with van der Waals surface area (Å²) in [4.78, 5) is 24.7. The Labute approximate surface area is 131 Å². The lowest BCUT2D eigenvalue weighted by Crippen LogP contribution is -2.28. The third-order valence-corrected chi connectivity index (χ3v) is 3.71. The molecule has 122 valence electrons. The van der Waals surface area contributed by atoms with Crippen LogP contribution in [-0.4, -0.2) is 35.4 Å². The number of rotatable bonds is 9. The summed E-state index contributed by atoms with van der Waals surface area (Å²) in [5.74, 6) is -0.112. The van der Waals surface area contributed by atoms with Gasteiger partial charge in [0.1, 0.15) is 0 Å². The Morgan fingerprint density at radius 2 is 2.05 bits per heavy atom. The highest BCUT2D eigenvalue weighted by molar-refractivity contribution is 5.92. The number of nitrogens with zero attached hydrogens (tertiary/aromatic N) is 2. The Morgan fingerprint density at radius 3 is 2.64 bits per heavy atom. The van der Waals surface area contributed by atoms with Crippen LogP contribution in [0.4, 0.5) is 11.4 Å². The van der Waals surface area contributed by atoms with Crippen LogP contribution in [0, 0.1) is 17.0 Å². The van der Waals surface area contributed by atoms with Crippen molar-refractivity contribution in [2.24, 2.45) is 0 Å². The van der Waals surface area contributed by atoms with Crippen LogP contribution in [0.15, 0.2) is 18.2 Å². The Hall–Kier alpha value is -1.95. The molecule has 0 aliphatic rings. The van der Waals surface area contributed by atoms with Crippen LogP contribution in [0.1, 0.15) is 38.7 Å². The van der Waals surface area contributed by atoms with Crippen molar-refractivity contribution in [1.29, 1.82) is 0 Å². The number of benzene rings is 1. The standard InChI is InChI=1S/C16H25N3O3/c1-4-6-11-18(5-2)12-10-16(20)17-14-8-7-9-15(13(14)3)19(21)22/h7-9H,4-6,10-12H2,1-3H3,(H,17,20). The van der Waals surface area contributed by atoms with Crippen molar-refractivity contribution in [3.05, 3.63) is 33.9 Å². The molecule has 1 aromatic carbocycles. The van der Waals surface area contributed by atoms with Crippen LogP contribution < -0.4 is 5.32 Å². The number of carbonyl (C=O) groups excluding carboxylic acids is 1. The third-order valence-electron chi connectivity index (χ3n) is 3.71. The second-order valence-electron chi connectivity index (χ2n) is 5.29. The minimum Gasteiger partial charge on any atom is -0.326 e. The molecule has 0 unspecified atom stereocenters. The molecule has 0 bridgehead atoms. The number of nitro groups is 1. The maximum absolute atomic E-state index is 12.0. The number of nitrogens with one attached hydrogen (secondary N) is 1. The van der Waals surface area contributed by atoms with Gasteiger partial charge in [-0.15, -0.1) is 0 Å². The minimum absolute atomic E-state index is 0.0240. The molecule has 0 spiro atoms. The van der Waals surface area contributed by atoms with E-state index in [1.54, 1.807) is 19.1 Å². The quantitative estimate of drug-likeness (QED) is 0.560. The molecule has 0 saturated carbocycles. The summed E-state index contributed by atoms with van der Waals surface area (Å²) >= 11 is 0. The van der Waals surface area contributed by atoms with E-state index < -0.39 is 4.92 Å². The van der Waals surface area contributed by atoms with E-state index in [2.05, 4.69) is 24.1 Å². The number of unbranched alkanes of at least 4 members (excludes halogenated alkanes) is 1. The van der Waals surface area contributed by atoms with Gasteiger partial charge in [-0.05, 0) is 32.5 Å². The smallest absolute Gasteiger partial charge is 0.274 e. The number of carbonyl (C=O) groups is 1. The predicted molar refractivity (Wildman–Crippen MR) is 88.1 cm³/mol. The van der Waals surface area contributed by atoms with E-state index >= 15 is 0 Å². The van der Waals surface area contributed by atoms with Gasteiger partial charge in [0.2, 0.25) is 5.91 Å². The fraction of sp³-hybridized carbons (Fsp3) is 0.562. The topological polar surface area (TPSA) is 75.5 Å². The number of nitro benzene ring substituents is 1. The molecule has 1 amide bonds. The molecule has 1 rings (SSSR count). The molecule has 0 fully saturated rings. The second-order valence-corrected chi connectivity index (χ2v) is 5.29. The van der Waals surface area contributed by atoms with Gasteiger partial charge in [-0.1, -0.05) is 26.3 Å². The SMILES string of the molecule is CCCCN(CC)CCC(=O)Nc1cccc([N+](=O)[O-])c1C. The van der Waals surface area contributed by atoms with E-state index in [1.807, 2.05) is 0 Å². The van der Waals surface area contributed by atoms with E-state index in [9.17, 15) is 14.9 Å². The Kier molecular flexibility index (Phi) is 7.52. The zero-order valence-corrected chi connectivity index (χ0v) is 13.6. The van der Waals surface area contributed by atoms with Gasteiger partial charge in [-0.3, -0.25) is 14.9 Å². The van der Waals surface area contributed by atoms with Crippen molar-refractivity contribution in [3.63, 3.8) is 0 Å². The van der Waals surface area contributed by atoms with Gasteiger partial charge in [0.25, 0.3) is 5.69 Å². The fourth-order valence-corrected chi connectivity index (χ4v) is 2.24. The summed E-state index contributed by atoms with van der Waals surface area (Å²) in [5.41, 5.74) is 1.02. The van der Waals surface area contributed by atoms with E-state index in [0.717, 1.165) is 25.9 Å². The number of anilines is 1. The highest BCUT2D eigenvalue weighted by Crippen LogP contribution is 2.25. The summed E-state index contributed by atoms with van der Waals surface area (Å²) in [5, 5.41) is 13.7. The maximum Gasteiger partial charge on any atom is 0.274 e. The predicted octanol–water partition coefficient (Wildman–Crippen LogP) is 3.35. The number of hydrogen-bond acceptors (Lipinski definition) is 4. The lowest BCUT2D eigenvalue weighted by molar-refractivity contribution is -0.385. The molecule has 0 heterocycles. The van der Waals surface area contributed by atoms with Crippen LogP contribution in [0.3, 0.4) is 0 Å². The zero-order chi connectivity index (χ0) is 16.5. The summed E-state index contributed by atoms with van der Waals surface area (Å²) in [6.45, 7) is 8.49. The number of hydrogen-bond donors (Lipinski definition) is 1. The number of amides is 1. The molecule has 1 N–H and O–H groups in total. The third kappa shape index (κ3) is 5.44. The van der Waals surface area contributed by atoms with Crippen molar-refractivity contribution >= 4 is 17.3 Å². The van der Waals surface area contributed by atoms with E-state index in [4.69, 9.17) is 0 Å². The average Bonchev–Trinajstić information content (AvgIpc) is 2.49. The second kappa shape index (κ2) is 9.15. The normalized spacial score (nSPS) is 10.7. The minimum atomic E-state index is -0.436. The van der Waals surface area contributed by atoms with Gasteiger partial charge in [0.05, 0.1) is 16.2 Å². The molecule has 0 aromatic heterocycles. The van der Waals surface area contributed by atoms with Gasteiger partial charge in [-0.25, -0.2) is 0 Å². The van der Waals surface area contributed by atoms with Gasteiger partial charge in [-0.2, -0.15) is 0 Å². The van der Waals surface area contributed by atoms with Gasteiger partial charge < -0.3 is 10.2 Å². The largest absolute Gasteiger partial charge is 0.326 e. The lowest BCUT2D eigenvalue weighted by atomic mass is 10.1. The van der Waals surface area contributed by atoms with Crippen LogP contribution >= 0.6 is 0 Å². The van der Waals surface area contributed by atoms with Crippen LogP contribution in [0.2, 0.25) is 0 Å². The first kappa shape index (κ1) is 18.1. The molecule has 0 saturated heterocycles. The van der Waals surface area contributed by atoms with Crippen molar-refractivity contribution in [1.82, 2.24) is 4.90 Å². The van der Waals surface area contributed by atoms with Gasteiger partial charge in [0.15, 0.2) is 0 Å². The molecule has 0 atom stereocenters. The van der Waals surface area contributed by atoms with Crippen molar-refractivity contribution in [2.45, 2.75) is 40.0 Å². The van der Waals surface area contributed by atoms with E-state index in [-0.39, 0.29) is 11.6 Å². The Morgan fingerprint density at radius 1 is 1.32 bits per heavy atom. The molecule has 1 aromatic rings. The molecule has 22 heavy (non-hydrogen) atoms. The maximum atomic E-state index is 12.0. The first-order valence-corrected chi connectivity index (χ1v) is 7.75. The summed E-state index contributed by atoms with van der Waals surface area (Å²) in [6, 6.07) is 4.71. The highest BCUT2D eigenvalue weighted by Gasteiger charge is 2.15. The van der Waals surface area contributed by atoms with Crippen LogP contribution in [0.25, 0.3) is 0 Å². The molecule has 0 aliphatic carbocycles. The van der Waals surface area contributed by atoms with E-state index in [1.165, 1.54) is 6.07 Å². The fourth-order valence-electron chi connectivity index (χ4n) is 2.24. The zero-order valence-electron chi connectivity index (χ0n) is 13.6. The van der Waals surface area contributed by atoms with Gasteiger partial charge in [0, 0.05) is 19.0 Å². The Balaban J connectivity index is 2.58. The summed E-state index contributed by atoms with van der Waals surface area (Å²) in [6.07, 6.45) is 2.65.